The number of ether oxygens (including phenoxy) is 1. The number of rotatable bonds is 23. The molecule has 1 fully saturated rings. The van der Waals surface area contributed by atoms with Crippen molar-refractivity contribution >= 4 is 34.5 Å². The highest BCUT2D eigenvalue weighted by molar-refractivity contribution is 8.15. The molecule has 0 saturated carbocycles. The van der Waals surface area contributed by atoms with Gasteiger partial charge in [0.05, 0.1) is 11.9 Å². The lowest BCUT2D eigenvalue weighted by atomic mass is 10.1. The average molecular weight is 671 g/mol. The van der Waals surface area contributed by atoms with Gasteiger partial charge >= 0.3 is 0 Å². The van der Waals surface area contributed by atoms with Crippen LogP contribution in [0.4, 0.5) is 4.79 Å². The number of carbonyl (C=O) groups is 3. The van der Waals surface area contributed by atoms with Crippen LogP contribution in [0.15, 0.2) is 114 Å². The van der Waals surface area contributed by atoms with E-state index in [1.807, 2.05) is 43.5 Å². The third-order valence-corrected chi connectivity index (χ3v) is 8.56. The molecule has 0 aromatic heterocycles. The molecular weight excluding hydrogens is 617 g/mol. The van der Waals surface area contributed by atoms with E-state index in [1.54, 1.807) is 6.08 Å². The van der Waals surface area contributed by atoms with Gasteiger partial charge in [-0.15, -0.1) is 0 Å². The van der Waals surface area contributed by atoms with E-state index in [4.69, 9.17) is 4.74 Å². The van der Waals surface area contributed by atoms with Gasteiger partial charge in [-0.25, -0.2) is 4.90 Å². The number of thioether (sulfide) groups is 1. The monoisotopic (exact) mass is 670 g/mol. The number of unbranched alkanes of at least 4 members (excludes halogenated alkanes) is 2. The van der Waals surface area contributed by atoms with Gasteiger partial charge < -0.3 is 4.74 Å². The zero-order chi connectivity index (χ0) is 34.8. The minimum absolute atomic E-state index is 0.165. The van der Waals surface area contributed by atoms with Gasteiger partial charge in [-0.3, -0.25) is 19.4 Å². The van der Waals surface area contributed by atoms with E-state index in [9.17, 15) is 14.4 Å². The molecule has 1 atom stereocenters. The Balaban J connectivity index is 1.65. The topological polar surface area (TPSA) is 76.0 Å². The molecule has 2 rings (SSSR count). The summed E-state index contributed by atoms with van der Waals surface area (Å²) in [6, 6.07) is 7.48. The van der Waals surface area contributed by atoms with Crippen LogP contribution in [0.3, 0.4) is 0 Å². The SMILES string of the molecule is C=CC(CCOc1ccc(CC2SC(=O)N(C(=O)CCC/C=C\C/C=C\C/C=C\C/C=C\C/C=C\CCC)C2=O)cc1)=N/C=C(\C)CC. The molecule has 0 N–H and O–H groups in total. The Hall–Kier alpha value is -3.97. The number of nitrogens with zero attached hydrogens (tertiary/aromatic N) is 2. The first-order valence-corrected chi connectivity index (χ1v) is 18.2. The lowest BCUT2D eigenvalue weighted by Crippen LogP contribution is -2.37. The summed E-state index contributed by atoms with van der Waals surface area (Å²) in [6.07, 6.45) is 34.7. The van der Waals surface area contributed by atoms with Crippen LogP contribution in [0.5, 0.6) is 5.75 Å². The van der Waals surface area contributed by atoms with Crippen molar-refractivity contribution < 1.29 is 19.1 Å². The van der Waals surface area contributed by atoms with Gasteiger partial charge in [-0.05, 0) is 88.5 Å². The third kappa shape index (κ3) is 16.7. The minimum Gasteiger partial charge on any atom is -0.493 e. The summed E-state index contributed by atoms with van der Waals surface area (Å²) < 4.78 is 5.85. The molecule has 48 heavy (non-hydrogen) atoms. The zero-order valence-electron chi connectivity index (χ0n) is 29.2. The number of benzene rings is 1. The van der Waals surface area contributed by atoms with Crippen molar-refractivity contribution in [2.45, 2.75) is 103 Å². The molecule has 0 spiro atoms. The molecule has 1 heterocycles. The summed E-state index contributed by atoms with van der Waals surface area (Å²) in [4.78, 5) is 43.5. The van der Waals surface area contributed by atoms with Crippen LogP contribution in [-0.2, 0) is 16.0 Å². The van der Waals surface area contributed by atoms with Gasteiger partial charge in [0, 0.05) is 24.8 Å². The predicted molar refractivity (Wildman–Crippen MR) is 203 cm³/mol. The fraction of sp³-hybridized carbons (Fsp3) is 0.415. The normalized spacial score (nSPS) is 16.2. The standard InChI is InChI=1S/C41H54N2O4S/c1-5-8-9-10-11-12-13-14-15-16-17-18-19-20-21-22-23-24-25-39(44)43-40(45)38(48-41(43)46)32-35-26-28-37(29-27-35)47-31-30-36(7-3)42-33-34(4)6-2/h7,9-10,12-13,15-16,18-19,21-22,26-29,33,38H,3,5-6,8,11,14,17,20,23-25,30-32H2,1-2,4H3/b10-9-,13-12-,16-15-,19-18-,22-21-,34-33+,42-36?. The Bertz CT molecular complexity index is 1360. The highest BCUT2D eigenvalue weighted by Gasteiger charge is 2.42. The van der Waals surface area contributed by atoms with Crippen LogP contribution in [0.2, 0.25) is 0 Å². The van der Waals surface area contributed by atoms with Gasteiger partial charge in [0.1, 0.15) is 5.75 Å². The molecule has 258 valence electrons. The Morgan fingerprint density at radius 3 is 2.02 bits per heavy atom. The van der Waals surface area contributed by atoms with Crippen molar-refractivity contribution in [3.63, 3.8) is 0 Å². The maximum atomic E-state index is 13.0. The lowest BCUT2D eigenvalue weighted by Gasteiger charge is -2.12. The van der Waals surface area contributed by atoms with E-state index in [0.717, 1.165) is 72.9 Å². The molecular formula is C41H54N2O4S. The molecule has 1 aromatic rings. The molecule has 0 aliphatic carbocycles. The molecule has 3 amide bonds. The maximum absolute atomic E-state index is 13.0. The zero-order valence-corrected chi connectivity index (χ0v) is 30.0. The van der Waals surface area contributed by atoms with Gasteiger partial charge in [-0.2, -0.15) is 0 Å². The van der Waals surface area contributed by atoms with Gasteiger partial charge in [0.25, 0.3) is 11.1 Å². The second kappa shape index (κ2) is 25.1. The van der Waals surface area contributed by atoms with Crippen molar-refractivity contribution in [2.24, 2.45) is 4.99 Å². The summed E-state index contributed by atoms with van der Waals surface area (Å²) in [7, 11) is 0. The minimum atomic E-state index is -0.602. The van der Waals surface area contributed by atoms with Gasteiger partial charge in [0.2, 0.25) is 5.91 Å². The number of allylic oxidation sites excluding steroid dienone is 12. The molecule has 7 heteroatoms. The lowest BCUT2D eigenvalue weighted by molar-refractivity contribution is -0.139. The van der Waals surface area contributed by atoms with E-state index >= 15 is 0 Å². The van der Waals surface area contributed by atoms with E-state index in [-0.39, 0.29) is 6.42 Å². The van der Waals surface area contributed by atoms with Crippen LogP contribution in [0.25, 0.3) is 0 Å². The summed E-state index contributed by atoms with van der Waals surface area (Å²) in [5.74, 6) is -0.137. The maximum Gasteiger partial charge on any atom is 0.295 e. The molecule has 1 unspecified atom stereocenters. The molecule has 1 aliphatic rings. The highest BCUT2D eigenvalue weighted by atomic mass is 32.2. The Kier molecular flexibility index (Phi) is 21.0. The Morgan fingerprint density at radius 2 is 1.46 bits per heavy atom. The number of hydrogen-bond donors (Lipinski definition) is 0. The highest BCUT2D eigenvalue weighted by Crippen LogP contribution is 2.31. The largest absolute Gasteiger partial charge is 0.493 e. The van der Waals surface area contributed by atoms with Crippen molar-refractivity contribution in [3.8, 4) is 5.75 Å². The van der Waals surface area contributed by atoms with Crippen molar-refractivity contribution in [1.29, 1.82) is 0 Å². The molecule has 1 aromatic carbocycles. The number of carbonyl (C=O) groups excluding carboxylic acids is 3. The smallest absolute Gasteiger partial charge is 0.295 e. The van der Waals surface area contributed by atoms with E-state index in [1.165, 1.54) is 12.0 Å². The van der Waals surface area contributed by atoms with Crippen LogP contribution in [0, 0.1) is 0 Å². The van der Waals surface area contributed by atoms with Crippen molar-refractivity contribution in [3.05, 3.63) is 115 Å². The number of imide groups is 3. The summed E-state index contributed by atoms with van der Waals surface area (Å²) in [6.45, 7) is 10.6. The molecule has 1 saturated heterocycles. The number of aliphatic imine (C=N–C) groups is 1. The molecule has 1 aliphatic heterocycles. The Labute approximate surface area is 293 Å². The molecule has 6 nitrogen and oxygen atoms in total. The summed E-state index contributed by atoms with van der Waals surface area (Å²) in [5, 5.41) is -1.08. The fourth-order valence-corrected chi connectivity index (χ4v) is 5.52. The summed E-state index contributed by atoms with van der Waals surface area (Å²) in [5.41, 5.74) is 2.97. The molecule has 0 radical (unpaired) electrons. The van der Waals surface area contributed by atoms with Crippen LogP contribution in [0.1, 0.15) is 97.0 Å². The van der Waals surface area contributed by atoms with Gasteiger partial charge in [-0.1, -0.05) is 117 Å². The van der Waals surface area contributed by atoms with E-state index < -0.39 is 22.3 Å². The predicted octanol–water partition coefficient (Wildman–Crippen LogP) is 10.8. The van der Waals surface area contributed by atoms with Crippen LogP contribution < -0.4 is 4.74 Å². The quantitative estimate of drug-likeness (QED) is 0.0658. The number of amides is 3. The number of hydrogen-bond acceptors (Lipinski definition) is 6. The first kappa shape index (κ1) is 40.2. The van der Waals surface area contributed by atoms with Crippen molar-refractivity contribution in [1.82, 2.24) is 4.90 Å². The second-order valence-electron chi connectivity index (χ2n) is 11.5. The molecule has 0 bridgehead atoms. The Morgan fingerprint density at radius 1 is 0.875 bits per heavy atom. The average Bonchev–Trinajstić information content (AvgIpc) is 3.37. The first-order valence-electron chi connectivity index (χ1n) is 17.3. The first-order chi connectivity index (χ1) is 23.4. The second-order valence-corrected chi connectivity index (χ2v) is 12.7. The third-order valence-electron chi connectivity index (χ3n) is 7.53. The fourth-order valence-electron chi connectivity index (χ4n) is 4.49. The van der Waals surface area contributed by atoms with E-state index in [2.05, 4.69) is 80.1 Å². The van der Waals surface area contributed by atoms with Crippen LogP contribution >= 0.6 is 11.8 Å². The van der Waals surface area contributed by atoms with E-state index in [0.29, 0.717) is 31.6 Å². The van der Waals surface area contributed by atoms with Gasteiger partial charge in [0.15, 0.2) is 0 Å². The summed E-state index contributed by atoms with van der Waals surface area (Å²) >= 11 is 0.929. The van der Waals surface area contributed by atoms with Crippen LogP contribution in [-0.4, -0.2) is 39.5 Å². The van der Waals surface area contributed by atoms with Crippen molar-refractivity contribution in [2.75, 3.05) is 6.61 Å².